The van der Waals surface area contributed by atoms with Gasteiger partial charge in [-0.15, -0.1) is 10.1 Å². The fraction of sp³-hybridized carbons (Fsp3) is 1.00. The first-order chi connectivity index (χ1) is 4.57. The van der Waals surface area contributed by atoms with Crippen LogP contribution in [-0.2, 0) is 4.84 Å². The van der Waals surface area contributed by atoms with Crippen molar-refractivity contribution in [1.82, 2.24) is 0 Å². The lowest BCUT2D eigenvalue weighted by Crippen LogP contribution is -2.33. The number of hydrogen-bond acceptors (Lipinski definition) is 6. The third-order valence-corrected chi connectivity index (χ3v) is 0.645. The minimum Gasteiger partial charge on any atom is -0.323 e. The summed E-state index contributed by atoms with van der Waals surface area (Å²) >= 11 is 0. The molecule has 0 amide bonds. The Morgan fingerprint density at radius 2 is 2.00 bits per heavy atom. The highest BCUT2D eigenvalue weighted by atomic mass is 17.0. The maximum Gasteiger partial charge on any atom is 0.366 e. The zero-order valence-corrected chi connectivity index (χ0v) is 4.80. The van der Waals surface area contributed by atoms with E-state index in [2.05, 4.69) is 4.84 Å². The molecule has 0 aliphatic rings. The Kier molecular flexibility index (Phi) is 3.05. The number of nitrogens with zero attached hydrogens (tertiary/aromatic N) is 2. The summed E-state index contributed by atoms with van der Waals surface area (Å²) in [4.78, 5) is 21.8. The van der Waals surface area contributed by atoms with Gasteiger partial charge in [0.15, 0.2) is 0 Å². The smallest absolute Gasteiger partial charge is 0.323 e. The van der Waals surface area contributed by atoms with Crippen LogP contribution in [-0.4, -0.2) is 22.8 Å². The van der Waals surface area contributed by atoms with Crippen LogP contribution in [0.25, 0.3) is 0 Å². The van der Waals surface area contributed by atoms with E-state index < -0.39 is 22.8 Å². The molecule has 58 valence electrons. The Morgan fingerprint density at radius 1 is 1.50 bits per heavy atom. The minimum atomic E-state index is -1.75. The molecule has 0 fully saturated rings. The van der Waals surface area contributed by atoms with E-state index in [0.717, 1.165) is 0 Å². The van der Waals surface area contributed by atoms with Crippen molar-refractivity contribution in [2.45, 2.75) is 6.23 Å². The number of nitro groups is 1. The molecule has 0 radical (unpaired) electrons. The monoisotopic (exact) mass is 151 g/mol. The van der Waals surface area contributed by atoms with Crippen LogP contribution in [0.5, 0.6) is 0 Å². The summed E-state index contributed by atoms with van der Waals surface area (Å²) in [5.41, 5.74) is 4.75. The van der Waals surface area contributed by atoms with Gasteiger partial charge in [-0.25, -0.2) is 4.84 Å². The standard InChI is InChI=1S/C2H5N3O5/c3-1-2(4(6)7)10-5(8)9/h2H,1,3H2. The Bertz CT molecular complexity index is 146. The van der Waals surface area contributed by atoms with Gasteiger partial charge in [0, 0.05) is 0 Å². The first-order valence-corrected chi connectivity index (χ1v) is 2.22. The molecule has 10 heavy (non-hydrogen) atoms. The normalized spacial score (nSPS) is 12.1. The second-order valence-electron chi connectivity index (χ2n) is 1.30. The second kappa shape index (κ2) is 3.56. The average Bonchev–Trinajstić information content (AvgIpc) is 1.81. The number of nitrogens with two attached hydrogens (primary N) is 1. The SMILES string of the molecule is NCC(O[N+](=O)[O-])[N+](=O)[O-]. The summed E-state index contributed by atoms with van der Waals surface area (Å²) < 4.78 is 0. The van der Waals surface area contributed by atoms with E-state index in [1.807, 2.05) is 0 Å². The molecular formula is C2H5N3O5. The van der Waals surface area contributed by atoms with Gasteiger partial charge in [-0.2, -0.15) is 0 Å². The Hall–Kier alpha value is -1.44. The van der Waals surface area contributed by atoms with Gasteiger partial charge in [-0.3, -0.25) is 10.1 Å². The summed E-state index contributed by atoms with van der Waals surface area (Å²) in [5.74, 6) is 0. The van der Waals surface area contributed by atoms with Crippen molar-refractivity contribution < 1.29 is 14.8 Å². The van der Waals surface area contributed by atoms with E-state index in [1.54, 1.807) is 0 Å². The molecule has 0 aromatic carbocycles. The number of hydrogen-bond donors (Lipinski definition) is 1. The Morgan fingerprint density at radius 3 is 2.10 bits per heavy atom. The first-order valence-electron chi connectivity index (χ1n) is 2.22. The second-order valence-corrected chi connectivity index (χ2v) is 1.30. The van der Waals surface area contributed by atoms with E-state index in [4.69, 9.17) is 5.73 Å². The summed E-state index contributed by atoms with van der Waals surface area (Å²) in [6, 6.07) is 0. The maximum absolute atomic E-state index is 9.76. The van der Waals surface area contributed by atoms with Crippen LogP contribution in [0.3, 0.4) is 0 Å². The first kappa shape index (κ1) is 8.56. The lowest BCUT2D eigenvalue weighted by atomic mass is 10.6. The van der Waals surface area contributed by atoms with Gasteiger partial charge in [-0.05, 0) is 0 Å². The highest BCUT2D eigenvalue weighted by Gasteiger charge is 2.21. The molecule has 2 N–H and O–H groups in total. The fourth-order valence-corrected chi connectivity index (χ4v) is 0.267. The molecule has 0 aromatic heterocycles. The van der Waals surface area contributed by atoms with Gasteiger partial charge < -0.3 is 5.73 Å². The molecule has 8 heteroatoms. The van der Waals surface area contributed by atoms with E-state index in [9.17, 15) is 20.2 Å². The largest absolute Gasteiger partial charge is 0.366 e. The van der Waals surface area contributed by atoms with Crippen molar-refractivity contribution >= 4 is 0 Å². The van der Waals surface area contributed by atoms with Crippen molar-refractivity contribution in [3.05, 3.63) is 20.2 Å². The molecule has 0 spiro atoms. The molecule has 0 aliphatic carbocycles. The topological polar surface area (TPSA) is 122 Å². The molecular weight excluding hydrogens is 146 g/mol. The zero-order chi connectivity index (χ0) is 8.15. The third kappa shape index (κ3) is 2.77. The summed E-state index contributed by atoms with van der Waals surface area (Å²) in [6.07, 6.45) is -1.75. The van der Waals surface area contributed by atoms with E-state index in [-0.39, 0.29) is 0 Å². The quantitative estimate of drug-likeness (QED) is 0.304. The molecule has 0 aliphatic heterocycles. The van der Waals surface area contributed by atoms with Crippen LogP contribution in [0.4, 0.5) is 0 Å². The summed E-state index contributed by atoms with van der Waals surface area (Å²) in [5, 5.41) is 18.0. The van der Waals surface area contributed by atoms with E-state index >= 15 is 0 Å². The van der Waals surface area contributed by atoms with Crippen LogP contribution in [0.2, 0.25) is 0 Å². The molecule has 0 bridgehead atoms. The predicted octanol–water partition coefficient (Wildman–Crippen LogP) is -1.24. The number of rotatable bonds is 4. The average molecular weight is 151 g/mol. The van der Waals surface area contributed by atoms with E-state index in [0.29, 0.717) is 0 Å². The lowest BCUT2D eigenvalue weighted by Gasteiger charge is -2.01. The molecule has 1 atom stereocenters. The maximum atomic E-state index is 9.76. The van der Waals surface area contributed by atoms with Gasteiger partial charge >= 0.3 is 11.3 Å². The minimum absolute atomic E-state index is 0.520. The third-order valence-electron chi connectivity index (χ3n) is 0.645. The Labute approximate surface area is 54.8 Å². The summed E-state index contributed by atoms with van der Waals surface area (Å²) in [7, 11) is 0. The van der Waals surface area contributed by atoms with Gasteiger partial charge in [-0.1, -0.05) is 0 Å². The van der Waals surface area contributed by atoms with Crippen molar-refractivity contribution in [2.75, 3.05) is 6.54 Å². The van der Waals surface area contributed by atoms with Crippen LogP contribution in [0, 0.1) is 20.2 Å². The van der Waals surface area contributed by atoms with Crippen molar-refractivity contribution in [1.29, 1.82) is 0 Å². The van der Waals surface area contributed by atoms with Crippen molar-refractivity contribution in [3.63, 3.8) is 0 Å². The van der Waals surface area contributed by atoms with Gasteiger partial charge in [0.2, 0.25) is 0 Å². The van der Waals surface area contributed by atoms with Crippen molar-refractivity contribution in [3.8, 4) is 0 Å². The highest BCUT2D eigenvalue weighted by Crippen LogP contribution is 1.89. The molecule has 0 heterocycles. The van der Waals surface area contributed by atoms with Crippen LogP contribution >= 0.6 is 0 Å². The van der Waals surface area contributed by atoms with Gasteiger partial charge in [0.05, 0.1) is 11.5 Å². The molecule has 0 rings (SSSR count). The fourth-order valence-electron chi connectivity index (χ4n) is 0.267. The van der Waals surface area contributed by atoms with Crippen molar-refractivity contribution in [2.24, 2.45) is 5.73 Å². The lowest BCUT2D eigenvalue weighted by molar-refractivity contribution is -0.824. The Balaban J connectivity index is 3.83. The molecule has 0 saturated carbocycles. The predicted molar refractivity (Wildman–Crippen MR) is 27.9 cm³/mol. The van der Waals surface area contributed by atoms with Gasteiger partial charge in [0.25, 0.3) is 0 Å². The van der Waals surface area contributed by atoms with Gasteiger partial charge in [0.1, 0.15) is 0 Å². The molecule has 8 nitrogen and oxygen atoms in total. The molecule has 1 unspecified atom stereocenters. The highest BCUT2D eigenvalue weighted by molar-refractivity contribution is 4.36. The van der Waals surface area contributed by atoms with Crippen LogP contribution in [0.1, 0.15) is 0 Å². The summed E-state index contributed by atoms with van der Waals surface area (Å²) in [6.45, 7) is -0.520. The van der Waals surface area contributed by atoms with Crippen LogP contribution < -0.4 is 5.73 Å². The van der Waals surface area contributed by atoms with Crippen LogP contribution in [0.15, 0.2) is 0 Å². The molecule has 0 saturated heterocycles. The molecule has 0 aromatic rings. The van der Waals surface area contributed by atoms with E-state index in [1.165, 1.54) is 0 Å². The zero-order valence-electron chi connectivity index (χ0n) is 4.80.